The van der Waals surface area contributed by atoms with E-state index in [0.29, 0.717) is 25.3 Å². The SMILES string of the molecule is CN(CCCN)CCC(=O)NC(c1cccnc1)c1cc2ccccc2o1. The number of amides is 1. The lowest BCUT2D eigenvalue weighted by molar-refractivity contribution is -0.122. The number of para-hydroxylation sites is 1. The number of nitrogens with zero attached hydrogens (tertiary/aromatic N) is 2. The Hall–Kier alpha value is -2.70. The van der Waals surface area contributed by atoms with Gasteiger partial charge in [0.2, 0.25) is 5.91 Å². The monoisotopic (exact) mass is 366 g/mol. The molecule has 0 bridgehead atoms. The predicted octanol–water partition coefficient (Wildman–Crippen LogP) is 2.70. The van der Waals surface area contributed by atoms with E-state index in [2.05, 4.69) is 15.2 Å². The molecule has 0 saturated carbocycles. The Balaban J connectivity index is 1.74. The number of nitrogens with one attached hydrogen (secondary N) is 1. The lowest BCUT2D eigenvalue weighted by Gasteiger charge is -2.19. The molecule has 6 nitrogen and oxygen atoms in total. The molecular formula is C21H26N4O2. The Kier molecular flexibility index (Phi) is 6.57. The van der Waals surface area contributed by atoms with Crippen LogP contribution >= 0.6 is 0 Å². The second-order valence-electron chi connectivity index (χ2n) is 6.67. The summed E-state index contributed by atoms with van der Waals surface area (Å²) < 4.78 is 6.00. The van der Waals surface area contributed by atoms with Gasteiger partial charge in [0, 0.05) is 36.3 Å². The first kappa shape index (κ1) is 19.1. The average molecular weight is 366 g/mol. The molecule has 2 heterocycles. The maximum absolute atomic E-state index is 12.6. The highest BCUT2D eigenvalue weighted by Crippen LogP contribution is 2.28. The second-order valence-corrected chi connectivity index (χ2v) is 6.67. The molecule has 0 aliphatic carbocycles. The van der Waals surface area contributed by atoms with Crippen molar-refractivity contribution in [3.63, 3.8) is 0 Å². The number of rotatable bonds is 9. The van der Waals surface area contributed by atoms with Crippen LogP contribution in [0.25, 0.3) is 11.0 Å². The van der Waals surface area contributed by atoms with Crippen LogP contribution in [0.2, 0.25) is 0 Å². The zero-order valence-corrected chi connectivity index (χ0v) is 15.6. The molecule has 0 saturated heterocycles. The minimum absolute atomic E-state index is 0.0242. The van der Waals surface area contributed by atoms with E-state index >= 15 is 0 Å². The topological polar surface area (TPSA) is 84.4 Å². The minimum Gasteiger partial charge on any atom is -0.459 e. The summed E-state index contributed by atoms with van der Waals surface area (Å²) in [4.78, 5) is 18.9. The van der Waals surface area contributed by atoms with Gasteiger partial charge in [0.1, 0.15) is 17.4 Å². The van der Waals surface area contributed by atoms with Crippen LogP contribution in [0.4, 0.5) is 0 Å². The minimum atomic E-state index is -0.368. The highest BCUT2D eigenvalue weighted by molar-refractivity contribution is 5.79. The third-order valence-corrected chi connectivity index (χ3v) is 4.52. The molecule has 0 fully saturated rings. The van der Waals surface area contributed by atoms with Crippen LogP contribution in [0.5, 0.6) is 0 Å². The number of hydrogen-bond acceptors (Lipinski definition) is 5. The number of nitrogens with two attached hydrogens (primary N) is 1. The molecule has 3 rings (SSSR count). The summed E-state index contributed by atoms with van der Waals surface area (Å²) in [6.45, 7) is 2.23. The molecular weight excluding hydrogens is 340 g/mol. The third-order valence-electron chi connectivity index (χ3n) is 4.52. The lowest BCUT2D eigenvalue weighted by atomic mass is 10.1. The summed E-state index contributed by atoms with van der Waals surface area (Å²) >= 11 is 0. The molecule has 1 atom stereocenters. The molecule has 0 aliphatic rings. The van der Waals surface area contributed by atoms with E-state index in [1.165, 1.54) is 0 Å². The van der Waals surface area contributed by atoms with Crippen molar-refractivity contribution in [3.05, 3.63) is 66.2 Å². The van der Waals surface area contributed by atoms with Gasteiger partial charge in [0.15, 0.2) is 0 Å². The van der Waals surface area contributed by atoms with Crippen molar-refractivity contribution in [3.8, 4) is 0 Å². The number of furan rings is 1. The fourth-order valence-electron chi connectivity index (χ4n) is 3.01. The van der Waals surface area contributed by atoms with Gasteiger partial charge in [-0.05, 0) is 44.8 Å². The molecule has 2 aromatic heterocycles. The van der Waals surface area contributed by atoms with Gasteiger partial charge in [-0.3, -0.25) is 9.78 Å². The van der Waals surface area contributed by atoms with Crippen LogP contribution < -0.4 is 11.1 Å². The van der Waals surface area contributed by atoms with Crippen molar-refractivity contribution in [2.75, 3.05) is 26.7 Å². The largest absolute Gasteiger partial charge is 0.459 e. The predicted molar refractivity (Wildman–Crippen MR) is 106 cm³/mol. The summed E-state index contributed by atoms with van der Waals surface area (Å²) in [6.07, 6.45) is 4.81. The molecule has 1 aromatic carbocycles. The van der Waals surface area contributed by atoms with Crippen LogP contribution in [0.1, 0.15) is 30.2 Å². The number of hydrogen-bond donors (Lipinski definition) is 2. The zero-order chi connectivity index (χ0) is 19.1. The maximum atomic E-state index is 12.6. The maximum Gasteiger partial charge on any atom is 0.222 e. The smallest absolute Gasteiger partial charge is 0.222 e. The Morgan fingerprint density at radius 2 is 2.11 bits per heavy atom. The first-order valence-corrected chi connectivity index (χ1v) is 9.23. The molecule has 1 amide bonds. The highest BCUT2D eigenvalue weighted by atomic mass is 16.3. The van der Waals surface area contributed by atoms with Gasteiger partial charge < -0.3 is 20.4 Å². The van der Waals surface area contributed by atoms with E-state index in [1.54, 1.807) is 12.4 Å². The van der Waals surface area contributed by atoms with Gasteiger partial charge in [-0.15, -0.1) is 0 Å². The fourth-order valence-corrected chi connectivity index (χ4v) is 3.01. The lowest BCUT2D eigenvalue weighted by Crippen LogP contribution is -2.32. The number of fused-ring (bicyclic) bond motifs is 1. The molecule has 3 aromatic rings. The number of carbonyl (C=O) groups is 1. The Labute approximate surface area is 159 Å². The quantitative estimate of drug-likeness (QED) is 0.608. The van der Waals surface area contributed by atoms with Crippen molar-refractivity contribution in [1.29, 1.82) is 0 Å². The number of aromatic nitrogens is 1. The Morgan fingerprint density at radius 1 is 1.26 bits per heavy atom. The van der Waals surface area contributed by atoms with Crippen LogP contribution in [-0.4, -0.2) is 42.5 Å². The summed E-state index contributed by atoms with van der Waals surface area (Å²) in [6, 6.07) is 13.2. The van der Waals surface area contributed by atoms with E-state index in [9.17, 15) is 4.79 Å². The summed E-state index contributed by atoms with van der Waals surface area (Å²) in [5.74, 6) is 0.679. The second kappa shape index (κ2) is 9.30. The van der Waals surface area contributed by atoms with Gasteiger partial charge >= 0.3 is 0 Å². The van der Waals surface area contributed by atoms with Gasteiger partial charge in [0.25, 0.3) is 0 Å². The van der Waals surface area contributed by atoms with Crippen molar-refractivity contribution in [2.45, 2.75) is 18.9 Å². The average Bonchev–Trinajstić information content (AvgIpc) is 3.13. The van der Waals surface area contributed by atoms with Crippen molar-refractivity contribution in [1.82, 2.24) is 15.2 Å². The van der Waals surface area contributed by atoms with E-state index in [1.807, 2.05) is 49.5 Å². The summed E-state index contributed by atoms with van der Waals surface area (Å²) in [5.41, 5.74) is 7.23. The Bertz CT molecular complexity index is 830. The third kappa shape index (κ3) is 5.15. The fraction of sp³-hybridized carbons (Fsp3) is 0.333. The van der Waals surface area contributed by atoms with Crippen molar-refractivity contribution in [2.24, 2.45) is 5.73 Å². The zero-order valence-electron chi connectivity index (χ0n) is 15.6. The van der Waals surface area contributed by atoms with E-state index in [-0.39, 0.29) is 11.9 Å². The molecule has 1 unspecified atom stereocenters. The van der Waals surface area contributed by atoms with Gasteiger partial charge in [-0.25, -0.2) is 0 Å². The van der Waals surface area contributed by atoms with Gasteiger partial charge in [-0.2, -0.15) is 0 Å². The van der Waals surface area contributed by atoms with Crippen LogP contribution in [-0.2, 0) is 4.79 Å². The normalized spacial score (nSPS) is 12.4. The Morgan fingerprint density at radius 3 is 2.85 bits per heavy atom. The number of benzene rings is 1. The van der Waals surface area contributed by atoms with E-state index in [4.69, 9.17) is 10.2 Å². The van der Waals surface area contributed by atoms with Gasteiger partial charge in [0.05, 0.1) is 0 Å². The molecule has 142 valence electrons. The van der Waals surface area contributed by atoms with Crippen LogP contribution in [0.15, 0.2) is 59.3 Å². The molecule has 27 heavy (non-hydrogen) atoms. The summed E-state index contributed by atoms with van der Waals surface area (Å²) in [7, 11) is 2.00. The molecule has 0 radical (unpaired) electrons. The first-order chi connectivity index (χ1) is 13.2. The molecule has 0 spiro atoms. The van der Waals surface area contributed by atoms with Crippen molar-refractivity contribution >= 4 is 16.9 Å². The number of carbonyl (C=O) groups excluding carboxylic acids is 1. The number of pyridine rings is 1. The molecule has 6 heteroatoms. The van der Waals surface area contributed by atoms with Crippen LogP contribution in [0.3, 0.4) is 0 Å². The highest BCUT2D eigenvalue weighted by Gasteiger charge is 2.21. The summed E-state index contributed by atoms with van der Waals surface area (Å²) in [5, 5.41) is 4.11. The van der Waals surface area contributed by atoms with Gasteiger partial charge in [-0.1, -0.05) is 24.3 Å². The standard InChI is InChI=1S/C21H26N4O2/c1-25(12-5-10-22)13-9-20(26)24-21(17-7-4-11-23-15-17)19-14-16-6-2-3-8-18(16)27-19/h2-4,6-8,11,14-15,21H,5,9-10,12-13,22H2,1H3,(H,24,26). The molecule has 3 N–H and O–H groups in total. The van der Waals surface area contributed by atoms with E-state index < -0.39 is 0 Å². The van der Waals surface area contributed by atoms with Crippen molar-refractivity contribution < 1.29 is 9.21 Å². The first-order valence-electron chi connectivity index (χ1n) is 9.23. The molecule has 0 aliphatic heterocycles. The van der Waals surface area contributed by atoms with Crippen LogP contribution in [0, 0.1) is 0 Å². The van der Waals surface area contributed by atoms with E-state index in [0.717, 1.165) is 29.5 Å².